The predicted molar refractivity (Wildman–Crippen MR) is 62.9 cm³/mol. The maximum Gasteiger partial charge on any atom is 0.188 e. The number of nitrogens with two attached hydrogens (primary N) is 1. The molecular weight excluding hydrogens is 188 g/mol. The van der Waals surface area contributed by atoms with Gasteiger partial charge in [-0.05, 0) is 38.6 Å². The van der Waals surface area contributed by atoms with Crippen molar-refractivity contribution in [1.29, 1.82) is 0 Å². The molecule has 1 atom stereocenters. The molecule has 1 heterocycles. The van der Waals surface area contributed by atoms with Crippen LogP contribution in [0.2, 0.25) is 0 Å². The van der Waals surface area contributed by atoms with E-state index < -0.39 is 0 Å². The highest BCUT2D eigenvalue weighted by Gasteiger charge is 2.34. The third-order valence-corrected chi connectivity index (χ3v) is 3.26. The Labute approximate surface area is 91.9 Å². The first-order valence-corrected chi connectivity index (χ1v) is 6.07. The second-order valence-electron chi connectivity index (χ2n) is 4.64. The highest BCUT2D eigenvalue weighted by Crippen LogP contribution is 2.31. The van der Waals surface area contributed by atoms with E-state index in [4.69, 9.17) is 5.73 Å². The Balaban J connectivity index is 1.69. The molecule has 1 unspecified atom stereocenters. The minimum atomic E-state index is 0.599. The van der Waals surface area contributed by atoms with Crippen molar-refractivity contribution in [2.24, 2.45) is 16.6 Å². The summed E-state index contributed by atoms with van der Waals surface area (Å²) in [5, 5.41) is 3.03. The average molecular weight is 210 g/mol. The van der Waals surface area contributed by atoms with Gasteiger partial charge in [-0.3, -0.25) is 4.99 Å². The van der Waals surface area contributed by atoms with Gasteiger partial charge < -0.3 is 16.0 Å². The monoisotopic (exact) mass is 210 g/mol. The van der Waals surface area contributed by atoms with Crippen LogP contribution >= 0.6 is 0 Å². The van der Waals surface area contributed by atoms with Gasteiger partial charge in [0.05, 0.1) is 0 Å². The number of nitrogens with zero attached hydrogens (tertiary/aromatic N) is 2. The summed E-state index contributed by atoms with van der Waals surface area (Å²) < 4.78 is 0. The van der Waals surface area contributed by atoms with E-state index in [9.17, 15) is 0 Å². The molecule has 1 aliphatic heterocycles. The number of likely N-dealkylation sites (tertiary alicyclic amines) is 1. The van der Waals surface area contributed by atoms with Crippen molar-refractivity contribution in [1.82, 2.24) is 10.2 Å². The normalized spacial score (nSPS) is 28.3. The van der Waals surface area contributed by atoms with Crippen LogP contribution in [0.5, 0.6) is 0 Å². The molecule has 2 fully saturated rings. The van der Waals surface area contributed by atoms with Crippen molar-refractivity contribution in [3.05, 3.63) is 0 Å². The molecule has 0 aromatic carbocycles. The van der Waals surface area contributed by atoms with Crippen molar-refractivity contribution in [2.75, 3.05) is 26.2 Å². The van der Waals surface area contributed by atoms with E-state index in [1.165, 1.54) is 32.4 Å². The van der Waals surface area contributed by atoms with Crippen molar-refractivity contribution in [3.8, 4) is 0 Å². The topological polar surface area (TPSA) is 53.6 Å². The highest BCUT2D eigenvalue weighted by molar-refractivity contribution is 5.77. The largest absolute Gasteiger partial charge is 0.370 e. The van der Waals surface area contributed by atoms with Gasteiger partial charge in [0.25, 0.3) is 0 Å². The molecule has 1 aliphatic carbocycles. The average Bonchev–Trinajstić information content (AvgIpc) is 2.96. The molecule has 0 spiro atoms. The first-order chi connectivity index (χ1) is 7.29. The molecule has 0 aromatic rings. The minimum Gasteiger partial charge on any atom is -0.370 e. The summed E-state index contributed by atoms with van der Waals surface area (Å²) in [6, 6.07) is 0.907. The molecule has 1 saturated heterocycles. The number of guanidine groups is 1. The molecule has 86 valence electrons. The van der Waals surface area contributed by atoms with Crippen molar-refractivity contribution < 1.29 is 0 Å². The SMILES string of the molecule is CCNC(N)=NCC1CCN(C2CC2)C1. The van der Waals surface area contributed by atoms with E-state index in [0.717, 1.165) is 25.0 Å². The van der Waals surface area contributed by atoms with E-state index in [1.807, 2.05) is 6.92 Å². The summed E-state index contributed by atoms with van der Waals surface area (Å²) in [5.74, 6) is 1.32. The molecule has 0 amide bonds. The molecule has 15 heavy (non-hydrogen) atoms. The van der Waals surface area contributed by atoms with Crippen LogP contribution in [0.15, 0.2) is 4.99 Å². The number of rotatable bonds is 4. The second kappa shape index (κ2) is 4.84. The number of hydrogen-bond acceptors (Lipinski definition) is 2. The number of aliphatic imine (C=N–C) groups is 1. The van der Waals surface area contributed by atoms with Gasteiger partial charge in [0.2, 0.25) is 0 Å². The first-order valence-electron chi connectivity index (χ1n) is 6.07. The van der Waals surface area contributed by atoms with Crippen molar-refractivity contribution in [2.45, 2.75) is 32.2 Å². The summed E-state index contributed by atoms with van der Waals surface area (Å²) in [6.07, 6.45) is 4.12. The molecule has 2 aliphatic rings. The molecule has 3 N–H and O–H groups in total. The molecule has 4 heteroatoms. The standard InChI is InChI=1S/C11H22N4/c1-2-13-11(12)14-7-9-5-6-15(8-9)10-3-4-10/h9-10H,2-8H2,1H3,(H3,12,13,14). The van der Waals surface area contributed by atoms with E-state index in [1.54, 1.807) is 0 Å². The summed E-state index contributed by atoms with van der Waals surface area (Å²) in [4.78, 5) is 6.98. The first kappa shape index (κ1) is 10.7. The lowest BCUT2D eigenvalue weighted by atomic mass is 10.1. The fourth-order valence-electron chi connectivity index (χ4n) is 2.25. The Morgan fingerprint density at radius 1 is 1.47 bits per heavy atom. The van der Waals surface area contributed by atoms with Gasteiger partial charge in [0.15, 0.2) is 5.96 Å². The van der Waals surface area contributed by atoms with Gasteiger partial charge in [0, 0.05) is 25.7 Å². The second-order valence-corrected chi connectivity index (χ2v) is 4.64. The minimum absolute atomic E-state index is 0.599. The van der Waals surface area contributed by atoms with Gasteiger partial charge in [-0.2, -0.15) is 0 Å². The number of hydrogen-bond donors (Lipinski definition) is 2. The lowest BCUT2D eigenvalue weighted by Crippen LogP contribution is -2.32. The van der Waals surface area contributed by atoms with Crippen molar-refractivity contribution in [3.63, 3.8) is 0 Å². The van der Waals surface area contributed by atoms with E-state index in [0.29, 0.717) is 5.96 Å². The predicted octanol–water partition coefficient (Wildman–Crippen LogP) is 0.395. The Bertz CT molecular complexity index is 235. The molecule has 0 bridgehead atoms. The van der Waals surface area contributed by atoms with Crippen LogP contribution in [0.25, 0.3) is 0 Å². The van der Waals surface area contributed by atoms with Crippen LogP contribution in [0.1, 0.15) is 26.2 Å². The Morgan fingerprint density at radius 2 is 2.27 bits per heavy atom. The summed E-state index contributed by atoms with van der Waals surface area (Å²) in [5.41, 5.74) is 5.69. The fourth-order valence-corrected chi connectivity index (χ4v) is 2.25. The maximum absolute atomic E-state index is 5.69. The van der Waals surface area contributed by atoms with Crippen LogP contribution in [-0.2, 0) is 0 Å². The maximum atomic E-state index is 5.69. The van der Waals surface area contributed by atoms with Gasteiger partial charge in [-0.1, -0.05) is 0 Å². The highest BCUT2D eigenvalue weighted by atomic mass is 15.2. The van der Waals surface area contributed by atoms with Crippen LogP contribution in [0.3, 0.4) is 0 Å². The number of nitrogens with one attached hydrogen (secondary N) is 1. The van der Waals surface area contributed by atoms with Gasteiger partial charge in [-0.15, -0.1) is 0 Å². The van der Waals surface area contributed by atoms with Crippen LogP contribution in [0.4, 0.5) is 0 Å². The third kappa shape index (κ3) is 3.09. The van der Waals surface area contributed by atoms with E-state index >= 15 is 0 Å². The molecular formula is C11H22N4. The molecule has 1 saturated carbocycles. The van der Waals surface area contributed by atoms with Crippen molar-refractivity contribution >= 4 is 5.96 Å². The summed E-state index contributed by atoms with van der Waals surface area (Å²) in [7, 11) is 0. The van der Waals surface area contributed by atoms with E-state index in [-0.39, 0.29) is 0 Å². The lowest BCUT2D eigenvalue weighted by Gasteiger charge is -2.13. The molecule has 0 aromatic heterocycles. The van der Waals surface area contributed by atoms with E-state index in [2.05, 4.69) is 15.2 Å². The molecule has 2 rings (SSSR count). The lowest BCUT2D eigenvalue weighted by molar-refractivity contribution is 0.315. The van der Waals surface area contributed by atoms with Crippen LogP contribution in [0, 0.1) is 5.92 Å². The van der Waals surface area contributed by atoms with Crippen LogP contribution in [-0.4, -0.2) is 43.1 Å². The Hall–Kier alpha value is -0.770. The summed E-state index contributed by atoms with van der Waals surface area (Å²) in [6.45, 7) is 6.28. The Kier molecular flexibility index (Phi) is 3.46. The Morgan fingerprint density at radius 3 is 2.93 bits per heavy atom. The van der Waals surface area contributed by atoms with Gasteiger partial charge in [0.1, 0.15) is 0 Å². The molecule has 4 nitrogen and oxygen atoms in total. The quantitative estimate of drug-likeness (QED) is 0.521. The smallest absolute Gasteiger partial charge is 0.188 e. The molecule has 0 radical (unpaired) electrons. The van der Waals surface area contributed by atoms with Gasteiger partial charge in [-0.25, -0.2) is 0 Å². The fraction of sp³-hybridized carbons (Fsp3) is 0.909. The zero-order valence-electron chi connectivity index (χ0n) is 9.58. The third-order valence-electron chi connectivity index (χ3n) is 3.26. The summed E-state index contributed by atoms with van der Waals surface area (Å²) >= 11 is 0. The zero-order valence-corrected chi connectivity index (χ0v) is 9.58. The van der Waals surface area contributed by atoms with Gasteiger partial charge >= 0.3 is 0 Å². The van der Waals surface area contributed by atoms with Crippen LogP contribution < -0.4 is 11.1 Å². The zero-order chi connectivity index (χ0) is 10.7.